The molecule has 5 nitrogen and oxygen atoms in total. The van der Waals surface area contributed by atoms with E-state index in [4.69, 9.17) is 10.00 Å². The molecule has 1 N–H and O–H groups in total. The topological polar surface area (TPSA) is 65.4 Å². The van der Waals surface area contributed by atoms with Gasteiger partial charge in [-0.05, 0) is 33.2 Å². The first-order valence-corrected chi connectivity index (χ1v) is 8.09. The van der Waals surface area contributed by atoms with Crippen LogP contribution in [-0.4, -0.2) is 49.7 Å². The maximum absolute atomic E-state index is 11.8. The molecule has 2 aliphatic rings. The molecular formula is C16H27N3O2. The maximum Gasteiger partial charge on any atom is 0.235 e. The number of ether oxygens (including phenoxy) is 1. The van der Waals surface area contributed by atoms with Crippen molar-refractivity contribution in [3.8, 4) is 6.07 Å². The van der Waals surface area contributed by atoms with Crippen LogP contribution in [0, 0.1) is 16.7 Å². The molecule has 0 heterocycles. The first-order valence-electron chi connectivity index (χ1n) is 8.09. The van der Waals surface area contributed by atoms with E-state index < -0.39 is 0 Å². The lowest BCUT2D eigenvalue weighted by atomic mass is 9.54. The summed E-state index contributed by atoms with van der Waals surface area (Å²) >= 11 is 0. The molecule has 1 amide bonds. The zero-order chi connectivity index (χ0) is 15.3. The van der Waals surface area contributed by atoms with E-state index in [0.29, 0.717) is 18.7 Å². The van der Waals surface area contributed by atoms with E-state index in [9.17, 15) is 4.79 Å². The van der Waals surface area contributed by atoms with Gasteiger partial charge >= 0.3 is 0 Å². The molecule has 2 atom stereocenters. The van der Waals surface area contributed by atoms with Gasteiger partial charge in [0, 0.05) is 18.1 Å². The highest BCUT2D eigenvalue weighted by atomic mass is 16.5. The van der Waals surface area contributed by atoms with Crippen LogP contribution in [0.2, 0.25) is 0 Å². The lowest BCUT2D eigenvalue weighted by molar-refractivity contribution is -0.179. The number of hydrogen-bond donors (Lipinski definition) is 1. The smallest absolute Gasteiger partial charge is 0.235 e. The monoisotopic (exact) mass is 293 g/mol. The van der Waals surface area contributed by atoms with Gasteiger partial charge in [-0.3, -0.25) is 9.69 Å². The van der Waals surface area contributed by atoms with Crippen molar-refractivity contribution in [1.29, 1.82) is 5.26 Å². The van der Waals surface area contributed by atoms with Gasteiger partial charge in [0.05, 0.1) is 18.7 Å². The molecule has 2 rings (SSSR count). The zero-order valence-corrected chi connectivity index (χ0v) is 13.2. The molecule has 2 aliphatic carbocycles. The summed E-state index contributed by atoms with van der Waals surface area (Å²) in [7, 11) is 2.02. The average molecular weight is 293 g/mol. The molecule has 0 aromatic carbocycles. The van der Waals surface area contributed by atoms with Crippen molar-refractivity contribution in [3.63, 3.8) is 0 Å². The molecule has 2 fully saturated rings. The second kappa shape index (κ2) is 7.24. The standard InChI is InChI=1S/C16H27N3O2/c1-3-21-14-11-13(16(14)7-5-4-6-8-16)19(2)12-15(20)18-10-9-17/h13-14H,3-8,10-12H2,1-2H3,(H,18,20)/t13-,14-/m1/s1. The Morgan fingerprint density at radius 1 is 1.43 bits per heavy atom. The molecule has 5 heteroatoms. The van der Waals surface area contributed by atoms with Crippen molar-refractivity contribution in [2.75, 3.05) is 26.7 Å². The third-order valence-electron chi connectivity index (χ3n) is 5.18. The highest BCUT2D eigenvalue weighted by Gasteiger charge is 2.56. The fourth-order valence-electron chi connectivity index (χ4n) is 4.18. The SMILES string of the molecule is CCO[C@@H]1C[C@@H](N(C)CC(=O)NCC#N)C12CCCCC2. The Balaban J connectivity index is 1.95. The van der Waals surface area contributed by atoms with Crippen molar-refractivity contribution in [1.82, 2.24) is 10.2 Å². The predicted molar refractivity (Wildman–Crippen MR) is 80.6 cm³/mol. The number of nitrogens with zero attached hydrogens (tertiary/aromatic N) is 2. The number of amides is 1. The number of likely N-dealkylation sites (N-methyl/N-ethyl adjacent to an activating group) is 1. The van der Waals surface area contributed by atoms with Crippen LogP contribution in [-0.2, 0) is 9.53 Å². The summed E-state index contributed by atoms with van der Waals surface area (Å²) in [5, 5.41) is 11.1. The predicted octanol–water partition coefficient (Wildman–Crippen LogP) is 1.69. The number of hydrogen-bond acceptors (Lipinski definition) is 4. The number of rotatable bonds is 6. The molecule has 0 aliphatic heterocycles. The Bertz CT molecular complexity index is 399. The van der Waals surface area contributed by atoms with Gasteiger partial charge in [-0.25, -0.2) is 0 Å². The zero-order valence-electron chi connectivity index (χ0n) is 13.2. The normalized spacial score (nSPS) is 27.1. The molecule has 0 bridgehead atoms. The van der Waals surface area contributed by atoms with Crippen molar-refractivity contribution in [2.24, 2.45) is 5.41 Å². The van der Waals surface area contributed by atoms with Crippen LogP contribution in [0.15, 0.2) is 0 Å². The van der Waals surface area contributed by atoms with E-state index in [1.54, 1.807) is 0 Å². The second-order valence-corrected chi connectivity index (χ2v) is 6.34. The average Bonchev–Trinajstić information content (AvgIpc) is 2.49. The van der Waals surface area contributed by atoms with E-state index in [0.717, 1.165) is 13.0 Å². The summed E-state index contributed by atoms with van der Waals surface area (Å²) < 4.78 is 5.95. The number of carbonyl (C=O) groups is 1. The lowest BCUT2D eigenvalue weighted by Gasteiger charge is -2.60. The van der Waals surface area contributed by atoms with E-state index in [1.807, 2.05) is 13.1 Å². The second-order valence-electron chi connectivity index (χ2n) is 6.34. The minimum Gasteiger partial charge on any atom is -0.378 e. The van der Waals surface area contributed by atoms with Crippen LogP contribution in [0.1, 0.15) is 45.4 Å². The van der Waals surface area contributed by atoms with Crippen LogP contribution in [0.3, 0.4) is 0 Å². The molecule has 0 saturated heterocycles. The summed E-state index contributed by atoms with van der Waals surface area (Å²) in [6.07, 6.45) is 7.68. The number of nitriles is 1. The highest BCUT2D eigenvalue weighted by molar-refractivity contribution is 5.78. The van der Waals surface area contributed by atoms with Crippen LogP contribution < -0.4 is 5.32 Å². The minimum atomic E-state index is -0.0649. The van der Waals surface area contributed by atoms with Gasteiger partial charge in [-0.15, -0.1) is 0 Å². The third kappa shape index (κ3) is 3.38. The summed E-state index contributed by atoms with van der Waals surface area (Å²) in [6.45, 7) is 3.28. The first kappa shape index (κ1) is 16.3. The van der Waals surface area contributed by atoms with Gasteiger partial charge in [0.1, 0.15) is 6.54 Å². The molecule has 2 saturated carbocycles. The molecule has 0 unspecified atom stereocenters. The molecule has 0 radical (unpaired) electrons. The fraction of sp³-hybridized carbons (Fsp3) is 0.875. The molecule has 21 heavy (non-hydrogen) atoms. The van der Waals surface area contributed by atoms with Crippen molar-refractivity contribution < 1.29 is 9.53 Å². The summed E-state index contributed by atoms with van der Waals surface area (Å²) in [5.41, 5.74) is 0.249. The highest BCUT2D eigenvalue weighted by Crippen LogP contribution is 2.55. The Labute approximate surface area is 127 Å². The van der Waals surface area contributed by atoms with Gasteiger partial charge in [-0.2, -0.15) is 5.26 Å². The van der Waals surface area contributed by atoms with Crippen LogP contribution >= 0.6 is 0 Å². The van der Waals surface area contributed by atoms with Gasteiger partial charge in [0.25, 0.3) is 0 Å². The summed E-state index contributed by atoms with van der Waals surface area (Å²) in [6, 6.07) is 2.37. The molecule has 0 aromatic heterocycles. The molecular weight excluding hydrogens is 266 g/mol. The number of carbonyl (C=O) groups excluding carboxylic acids is 1. The van der Waals surface area contributed by atoms with Crippen LogP contribution in [0.25, 0.3) is 0 Å². The van der Waals surface area contributed by atoms with E-state index >= 15 is 0 Å². The fourth-order valence-corrected chi connectivity index (χ4v) is 4.18. The maximum atomic E-state index is 11.8. The van der Waals surface area contributed by atoms with Crippen molar-refractivity contribution in [2.45, 2.75) is 57.6 Å². The largest absolute Gasteiger partial charge is 0.378 e. The summed E-state index contributed by atoms with van der Waals surface area (Å²) in [5.74, 6) is -0.0649. The Hall–Kier alpha value is -1.12. The molecule has 0 aromatic rings. The Kier molecular flexibility index (Phi) is 5.60. The minimum absolute atomic E-state index is 0.0649. The Morgan fingerprint density at radius 3 is 2.76 bits per heavy atom. The third-order valence-corrected chi connectivity index (χ3v) is 5.18. The Morgan fingerprint density at radius 2 is 2.14 bits per heavy atom. The molecule has 1 spiro atoms. The van der Waals surface area contributed by atoms with Crippen molar-refractivity contribution >= 4 is 5.91 Å². The lowest BCUT2D eigenvalue weighted by Crippen LogP contribution is -2.65. The van der Waals surface area contributed by atoms with Crippen LogP contribution in [0.4, 0.5) is 0 Å². The quantitative estimate of drug-likeness (QED) is 0.757. The summed E-state index contributed by atoms with van der Waals surface area (Å²) in [4.78, 5) is 14.0. The van der Waals surface area contributed by atoms with Crippen molar-refractivity contribution in [3.05, 3.63) is 0 Å². The van der Waals surface area contributed by atoms with E-state index in [2.05, 4.69) is 17.1 Å². The van der Waals surface area contributed by atoms with Gasteiger partial charge in [0.2, 0.25) is 5.91 Å². The van der Waals surface area contributed by atoms with Gasteiger partial charge in [0.15, 0.2) is 0 Å². The van der Waals surface area contributed by atoms with E-state index in [1.165, 1.54) is 32.1 Å². The van der Waals surface area contributed by atoms with Gasteiger partial charge in [-0.1, -0.05) is 19.3 Å². The van der Waals surface area contributed by atoms with Crippen LogP contribution in [0.5, 0.6) is 0 Å². The van der Waals surface area contributed by atoms with Gasteiger partial charge < -0.3 is 10.1 Å². The first-order chi connectivity index (χ1) is 10.1. The number of nitrogens with one attached hydrogen (secondary N) is 1. The van der Waals surface area contributed by atoms with E-state index in [-0.39, 0.29) is 17.9 Å². The molecule has 118 valence electrons.